The monoisotopic (exact) mass is 527 g/mol. The van der Waals surface area contributed by atoms with E-state index in [0.717, 1.165) is 35.7 Å². The van der Waals surface area contributed by atoms with Gasteiger partial charge in [-0.15, -0.1) is 11.3 Å². The van der Waals surface area contributed by atoms with Crippen molar-refractivity contribution < 1.29 is 9.72 Å². The molecule has 1 aliphatic heterocycles. The number of hydrogen-bond donors (Lipinski definition) is 0. The van der Waals surface area contributed by atoms with Gasteiger partial charge in [0.2, 0.25) is 0 Å². The Hall–Kier alpha value is -2.78. The number of nitrogens with zero attached hydrogens (tertiary/aromatic N) is 5. The van der Waals surface area contributed by atoms with Crippen LogP contribution in [0.3, 0.4) is 0 Å². The van der Waals surface area contributed by atoms with Gasteiger partial charge in [0.15, 0.2) is 0 Å². The predicted octanol–water partition coefficient (Wildman–Crippen LogP) is 6.00. The highest BCUT2D eigenvalue weighted by molar-refractivity contribution is 7.19. The van der Waals surface area contributed by atoms with Crippen molar-refractivity contribution in [2.24, 2.45) is 0 Å². The summed E-state index contributed by atoms with van der Waals surface area (Å²) in [4.78, 5) is 40.4. The van der Waals surface area contributed by atoms with Gasteiger partial charge in [0.1, 0.15) is 16.5 Å². The number of aromatic nitrogens is 2. The molecule has 1 fully saturated rings. The predicted molar refractivity (Wildman–Crippen MR) is 144 cm³/mol. The molecule has 1 aromatic carbocycles. The number of anilines is 1. The molecular weight excluding hydrogens is 498 g/mol. The zero-order valence-corrected chi connectivity index (χ0v) is 22.2. The van der Waals surface area contributed by atoms with Crippen molar-refractivity contribution in [1.29, 1.82) is 0 Å². The van der Waals surface area contributed by atoms with Crippen LogP contribution in [0, 0.1) is 10.1 Å². The van der Waals surface area contributed by atoms with Crippen LogP contribution in [0.4, 0.5) is 11.5 Å². The number of halogens is 1. The minimum Gasteiger partial charge on any atom is -0.352 e. The molecule has 2 aliphatic rings. The Labute approximate surface area is 219 Å². The number of fused-ring (bicyclic) bond motifs is 3. The molecule has 8 nitrogen and oxygen atoms in total. The molecule has 0 bridgehead atoms. The highest BCUT2D eigenvalue weighted by atomic mass is 35.5. The van der Waals surface area contributed by atoms with Crippen molar-refractivity contribution in [3.63, 3.8) is 0 Å². The van der Waals surface area contributed by atoms with Crippen LogP contribution in [0.1, 0.15) is 72.1 Å². The van der Waals surface area contributed by atoms with Crippen molar-refractivity contribution in [2.75, 3.05) is 31.1 Å². The van der Waals surface area contributed by atoms with E-state index in [4.69, 9.17) is 21.6 Å². The molecule has 1 aliphatic carbocycles. The standard InChI is InChI=1S/C26H30ClN5O3S/c1-3-16(2)23-28-24(22-19-7-5-4-6-8-21(19)36-25(22)29-23)30-11-13-31(14-12-30)26(33)18-10-9-17(32(34)35)15-20(18)27/h9-10,15-16H,3-8,11-14H2,1-2H3/t16-/m0/s1. The van der Waals surface area contributed by atoms with Gasteiger partial charge in [-0.25, -0.2) is 9.97 Å². The minimum atomic E-state index is -0.514. The summed E-state index contributed by atoms with van der Waals surface area (Å²) >= 11 is 8.06. The van der Waals surface area contributed by atoms with E-state index < -0.39 is 4.92 Å². The van der Waals surface area contributed by atoms with Crippen molar-refractivity contribution in [2.45, 2.75) is 58.3 Å². The van der Waals surface area contributed by atoms with E-state index in [2.05, 4.69) is 18.7 Å². The van der Waals surface area contributed by atoms with Crippen LogP contribution >= 0.6 is 22.9 Å². The summed E-state index contributed by atoms with van der Waals surface area (Å²) in [7, 11) is 0. The Balaban J connectivity index is 1.42. The van der Waals surface area contributed by atoms with Gasteiger partial charge < -0.3 is 9.80 Å². The van der Waals surface area contributed by atoms with E-state index >= 15 is 0 Å². The maximum absolute atomic E-state index is 13.2. The van der Waals surface area contributed by atoms with Crippen LogP contribution in [-0.4, -0.2) is 51.9 Å². The Kier molecular flexibility index (Phi) is 7.12. The Bertz CT molecular complexity index is 1320. The van der Waals surface area contributed by atoms with Crippen molar-refractivity contribution in [3.8, 4) is 0 Å². The van der Waals surface area contributed by atoms with Crippen LogP contribution in [-0.2, 0) is 12.8 Å². The first-order valence-electron chi connectivity index (χ1n) is 12.7. The molecule has 0 radical (unpaired) electrons. The zero-order valence-electron chi connectivity index (χ0n) is 20.6. The number of thiophene rings is 1. The summed E-state index contributed by atoms with van der Waals surface area (Å²) in [5.74, 6) is 1.98. The molecule has 0 spiro atoms. The fraction of sp³-hybridized carbons (Fsp3) is 0.500. The van der Waals surface area contributed by atoms with E-state index in [-0.39, 0.29) is 22.5 Å². The molecule has 36 heavy (non-hydrogen) atoms. The number of nitro benzene ring substituents is 1. The molecule has 0 saturated carbocycles. The van der Waals surface area contributed by atoms with Gasteiger partial charge in [-0.2, -0.15) is 0 Å². The second-order valence-corrected chi connectivity index (χ2v) is 11.2. The van der Waals surface area contributed by atoms with Gasteiger partial charge in [-0.1, -0.05) is 31.9 Å². The van der Waals surface area contributed by atoms with Crippen LogP contribution in [0.25, 0.3) is 10.2 Å². The Morgan fingerprint density at radius 3 is 2.61 bits per heavy atom. The molecule has 2 aromatic heterocycles. The van der Waals surface area contributed by atoms with Crippen molar-refractivity contribution in [3.05, 3.63) is 55.2 Å². The molecule has 0 N–H and O–H groups in total. The average molecular weight is 528 g/mol. The van der Waals surface area contributed by atoms with Gasteiger partial charge in [-0.05, 0) is 43.7 Å². The first-order valence-corrected chi connectivity index (χ1v) is 13.9. The summed E-state index contributed by atoms with van der Waals surface area (Å²) in [5, 5.41) is 12.3. The van der Waals surface area contributed by atoms with Crippen molar-refractivity contribution in [1.82, 2.24) is 14.9 Å². The number of amides is 1. The quantitative estimate of drug-likeness (QED) is 0.229. The topological polar surface area (TPSA) is 92.5 Å². The van der Waals surface area contributed by atoms with Gasteiger partial charge in [0, 0.05) is 49.1 Å². The second kappa shape index (κ2) is 10.3. The third-order valence-electron chi connectivity index (χ3n) is 7.38. The molecule has 1 atom stereocenters. The number of piperazine rings is 1. The maximum atomic E-state index is 13.2. The fourth-order valence-electron chi connectivity index (χ4n) is 5.05. The van der Waals surface area contributed by atoms with Gasteiger partial charge in [-0.3, -0.25) is 14.9 Å². The summed E-state index contributed by atoms with van der Waals surface area (Å²) in [6.07, 6.45) is 6.86. The number of hydrogen-bond acceptors (Lipinski definition) is 7. The van der Waals surface area contributed by atoms with E-state index in [9.17, 15) is 14.9 Å². The first-order chi connectivity index (χ1) is 17.4. The van der Waals surface area contributed by atoms with Crippen molar-refractivity contribution >= 4 is 50.6 Å². The molecule has 3 aromatic rings. The third-order valence-corrected chi connectivity index (χ3v) is 8.87. The Morgan fingerprint density at radius 2 is 1.92 bits per heavy atom. The minimum absolute atomic E-state index is 0.105. The molecular formula is C26H30ClN5O3S. The van der Waals surface area contributed by atoms with E-state index in [1.54, 1.807) is 4.90 Å². The lowest BCUT2D eigenvalue weighted by Crippen LogP contribution is -2.49. The number of aryl methyl sites for hydroxylation is 2. The van der Waals surface area contributed by atoms with Gasteiger partial charge >= 0.3 is 0 Å². The molecule has 3 heterocycles. The van der Waals surface area contributed by atoms with E-state index in [1.807, 2.05) is 11.3 Å². The molecule has 10 heteroatoms. The van der Waals surface area contributed by atoms with Gasteiger partial charge in [0.05, 0.1) is 20.9 Å². The van der Waals surface area contributed by atoms with E-state index in [0.29, 0.717) is 31.7 Å². The van der Waals surface area contributed by atoms with Crippen LogP contribution in [0.15, 0.2) is 18.2 Å². The number of carbonyl (C=O) groups is 1. The fourth-order valence-corrected chi connectivity index (χ4v) is 6.56. The molecule has 5 rings (SSSR count). The number of non-ortho nitro benzene ring substituents is 1. The second-order valence-electron chi connectivity index (χ2n) is 9.66. The zero-order chi connectivity index (χ0) is 25.4. The number of carbonyl (C=O) groups excluding carboxylic acids is 1. The molecule has 1 amide bonds. The number of rotatable bonds is 5. The Morgan fingerprint density at radius 1 is 1.17 bits per heavy atom. The van der Waals surface area contributed by atoms with Gasteiger partial charge in [0.25, 0.3) is 11.6 Å². The summed E-state index contributed by atoms with van der Waals surface area (Å²) < 4.78 is 0. The highest BCUT2D eigenvalue weighted by Crippen LogP contribution is 2.40. The average Bonchev–Trinajstić information content (AvgIpc) is 3.07. The van der Waals surface area contributed by atoms with Crippen LogP contribution in [0.5, 0.6) is 0 Å². The SMILES string of the molecule is CC[C@H](C)c1nc(N2CCN(C(=O)c3ccc([N+](=O)[O-])cc3Cl)CC2)c2c3c(sc2n1)CCCCC3. The van der Waals surface area contributed by atoms with E-state index in [1.165, 1.54) is 53.3 Å². The smallest absolute Gasteiger partial charge is 0.270 e. The van der Waals surface area contributed by atoms with Crippen LogP contribution in [0.2, 0.25) is 5.02 Å². The normalized spacial score (nSPS) is 17.1. The summed E-state index contributed by atoms with van der Waals surface area (Å²) in [6.45, 7) is 6.72. The summed E-state index contributed by atoms with van der Waals surface area (Å²) in [5.41, 5.74) is 1.60. The molecule has 190 valence electrons. The summed E-state index contributed by atoms with van der Waals surface area (Å²) in [6, 6.07) is 4.01. The lowest BCUT2D eigenvalue weighted by atomic mass is 10.1. The van der Waals surface area contributed by atoms with Crippen LogP contribution < -0.4 is 4.90 Å². The maximum Gasteiger partial charge on any atom is 0.270 e. The highest BCUT2D eigenvalue weighted by Gasteiger charge is 2.29. The first kappa shape index (κ1) is 24.9. The third kappa shape index (κ3) is 4.66. The lowest BCUT2D eigenvalue weighted by Gasteiger charge is -2.36. The molecule has 0 unspecified atom stereocenters. The lowest BCUT2D eigenvalue weighted by molar-refractivity contribution is -0.384. The largest absolute Gasteiger partial charge is 0.352 e. The number of nitro groups is 1. The molecule has 1 saturated heterocycles. The number of benzene rings is 1.